The largest absolute Gasteiger partial charge is 0.480 e. The third kappa shape index (κ3) is 2.86. The first-order valence-electron chi connectivity index (χ1n) is 6.22. The van der Waals surface area contributed by atoms with Crippen LogP contribution in [0.2, 0.25) is 0 Å². The highest BCUT2D eigenvalue weighted by atomic mass is 16.4. The number of piperidine rings is 1. The number of hydrogen-bond acceptors (Lipinski definition) is 2. The molecule has 0 aromatic heterocycles. The number of carboxylic acid groups (broad SMARTS) is 1. The Morgan fingerprint density at radius 3 is 2.29 bits per heavy atom. The van der Waals surface area contributed by atoms with E-state index in [1.54, 1.807) is 0 Å². The van der Waals surface area contributed by atoms with E-state index < -0.39 is 12.0 Å². The monoisotopic (exact) mass is 233 g/mol. The number of likely N-dealkylation sites (tertiary alicyclic amines) is 1. The molecule has 1 atom stereocenters. The number of carboxylic acids is 1. The van der Waals surface area contributed by atoms with Crippen LogP contribution in [0.3, 0.4) is 0 Å². The lowest BCUT2D eigenvalue weighted by Crippen LogP contribution is -2.37. The quantitative estimate of drug-likeness (QED) is 0.872. The van der Waals surface area contributed by atoms with Crippen molar-refractivity contribution in [2.75, 3.05) is 13.1 Å². The Bertz CT molecular complexity index is 380. The maximum atomic E-state index is 11.4. The zero-order chi connectivity index (χ0) is 12.3. The number of benzene rings is 1. The molecular formula is C14H19NO2. The van der Waals surface area contributed by atoms with Crippen molar-refractivity contribution in [3.63, 3.8) is 0 Å². The molecule has 1 aromatic carbocycles. The van der Waals surface area contributed by atoms with E-state index in [9.17, 15) is 9.90 Å². The van der Waals surface area contributed by atoms with E-state index in [0.717, 1.165) is 37.1 Å². The van der Waals surface area contributed by atoms with Gasteiger partial charge in [0.2, 0.25) is 0 Å². The summed E-state index contributed by atoms with van der Waals surface area (Å²) in [5, 5.41) is 9.41. The van der Waals surface area contributed by atoms with E-state index in [0.29, 0.717) is 0 Å². The molecule has 0 radical (unpaired) electrons. The Morgan fingerprint density at radius 2 is 1.76 bits per heavy atom. The van der Waals surface area contributed by atoms with Gasteiger partial charge in [-0.05, 0) is 38.4 Å². The average Bonchev–Trinajstić information content (AvgIpc) is 2.33. The van der Waals surface area contributed by atoms with Crippen LogP contribution in [0, 0.1) is 6.92 Å². The second-order valence-electron chi connectivity index (χ2n) is 4.75. The normalized spacial score (nSPS) is 18.9. The Balaban J connectivity index is 2.21. The molecule has 0 bridgehead atoms. The maximum Gasteiger partial charge on any atom is 0.325 e. The van der Waals surface area contributed by atoms with Crippen molar-refractivity contribution >= 4 is 5.97 Å². The zero-order valence-electron chi connectivity index (χ0n) is 10.2. The van der Waals surface area contributed by atoms with E-state index in [1.165, 1.54) is 6.42 Å². The minimum absolute atomic E-state index is 0.476. The SMILES string of the molecule is Cc1ccc([C@H](C(=O)O)N2CCCCC2)cc1. The molecule has 2 rings (SSSR count). The van der Waals surface area contributed by atoms with Crippen LogP contribution in [0.5, 0.6) is 0 Å². The topological polar surface area (TPSA) is 40.5 Å². The number of aliphatic carboxylic acids is 1. The van der Waals surface area contributed by atoms with E-state index in [1.807, 2.05) is 31.2 Å². The Labute approximate surface area is 102 Å². The van der Waals surface area contributed by atoms with Gasteiger partial charge in [-0.1, -0.05) is 36.2 Å². The first-order valence-corrected chi connectivity index (χ1v) is 6.22. The molecule has 1 N–H and O–H groups in total. The van der Waals surface area contributed by atoms with Gasteiger partial charge in [0.25, 0.3) is 0 Å². The third-order valence-electron chi connectivity index (χ3n) is 3.38. The molecule has 3 nitrogen and oxygen atoms in total. The van der Waals surface area contributed by atoms with Crippen molar-refractivity contribution in [3.05, 3.63) is 35.4 Å². The molecule has 1 aliphatic heterocycles. The van der Waals surface area contributed by atoms with Gasteiger partial charge in [0.15, 0.2) is 0 Å². The van der Waals surface area contributed by atoms with Crippen LogP contribution < -0.4 is 0 Å². The van der Waals surface area contributed by atoms with E-state index in [2.05, 4.69) is 4.90 Å². The van der Waals surface area contributed by atoms with Gasteiger partial charge in [-0.15, -0.1) is 0 Å². The molecule has 1 saturated heterocycles. The number of aryl methyl sites for hydroxylation is 1. The fraction of sp³-hybridized carbons (Fsp3) is 0.500. The molecule has 3 heteroatoms. The van der Waals surface area contributed by atoms with Crippen LogP contribution >= 0.6 is 0 Å². The van der Waals surface area contributed by atoms with Gasteiger partial charge in [0.05, 0.1) is 0 Å². The third-order valence-corrected chi connectivity index (χ3v) is 3.38. The van der Waals surface area contributed by atoms with Crippen LogP contribution in [0.4, 0.5) is 0 Å². The predicted octanol–water partition coefficient (Wildman–Crippen LogP) is 2.61. The summed E-state index contributed by atoms with van der Waals surface area (Å²) in [7, 11) is 0. The summed E-state index contributed by atoms with van der Waals surface area (Å²) in [5.41, 5.74) is 2.06. The van der Waals surface area contributed by atoms with Gasteiger partial charge in [-0.3, -0.25) is 9.69 Å². The summed E-state index contributed by atoms with van der Waals surface area (Å²) < 4.78 is 0. The van der Waals surface area contributed by atoms with Crippen molar-refractivity contribution in [2.24, 2.45) is 0 Å². The van der Waals surface area contributed by atoms with Crippen molar-refractivity contribution < 1.29 is 9.90 Å². The van der Waals surface area contributed by atoms with Crippen molar-refractivity contribution in [1.29, 1.82) is 0 Å². The van der Waals surface area contributed by atoms with Gasteiger partial charge in [-0.2, -0.15) is 0 Å². The predicted molar refractivity (Wildman–Crippen MR) is 67.0 cm³/mol. The Morgan fingerprint density at radius 1 is 1.18 bits per heavy atom. The molecule has 1 heterocycles. The maximum absolute atomic E-state index is 11.4. The highest BCUT2D eigenvalue weighted by molar-refractivity contribution is 5.75. The van der Waals surface area contributed by atoms with E-state index in [4.69, 9.17) is 0 Å². The molecule has 0 spiro atoms. The fourth-order valence-corrected chi connectivity index (χ4v) is 2.43. The lowest BCUT2D eigenvalue weighted by molar-refractivity contribution is -0.144. The van der Waals surface area contributed by atoms with Crippen LogP contribution in [0.15, 0.2) is 24.3 Å². The summed E-state index contributed by atoms with van der Waals surface area (Å²) in [6, 6.07) is 7.35. The summed E-state index contributed by atoms with van der Waals surface area (Å²) in [6.45, 7) is 3.80. The van der Waals surface area contributed by atoms with Gasteiger partial charge in [0, 0.05) is 0 Å². The summed E-state index contributed by atoms with van der Waals surface area (Å²) in [6.07, 6.45) is 3.43. The molecule has 1 fully saturated rings. The standard InChI is InChI=1S/C14H19NO2/c1-11-5-7-12(8-6-11)13(14(16)17)15-9-3-2-4-10-15/h5-8,13H,2-4,9-10H2,1H3,(H,16,17)/t13-/m1/s1. The first-order chi connectivity index (χ1) is 8.18. The second kappa shape index (κ2) is 5.32. The average molecular weight is 233 g/mol. The summed E-state index contributed by atoms with van der Waals surface area (Å²) >= 11 is 0. The summed E-state index contributed by atoms with van der Waals surface area (Å²) in [4.78, 5) is 13.5. The van der Waals surface area contributed by atoms with Gasteiger partial charge < -0.3 is 5.11 Å². The highest BCUT2D eigenvalue weighted by Gasteiger charge is 2.28. The molecule has 0 amide bonds. The minimum atomic E-state index is -0.740. The van der Waals surface area contributed by atoms with Crippen LogP contribution in [0.25, 0.3) is 0 Å². The number of rotatable bonds is 3. The summed E-state index contributed by atoms with van der Waals surface area (Å²) in [5.74, 6) is -0.740. The molecule has 17 heavy (non-hydrogen) atoms. The second-order valence-corrected chi connectivity index (χ2v) is 4.75. The minimum Gasteiger partial charge on any atom is -0.480 e. The van der Waals surface area contributed by atoms with Crippen molar-refractivity contribution in [2.45, 2.75) is 32.2 Å². The van der Waals surface area contributed by atoms with Crippen LogP contribution in [-0.4, -0.2) is 29.1 Å². The van der Waals surface area contributed by atoms with Crippen molar-refractivity contribution in [1.82, 2.24) is 4.90 Å². The molecule has 1 aromatic rings. The molecule has 0 aliphatic carbocycles. The number of hydrogen-bond donors (Lipinski definition) is 1. The van der Waals surface area contributed by atoms with Gasteiger partial charge in [0.1, 0.15) is 6.04 Å². The van der Waals surface area contributed by atoms with Crippen LogP contribution in [0.1, 0.15) is 36.4 Å². The Hall–Kier alpha value is -1.35. The molecule has 0 saturated carbocycles. The van der Waals surface area contributed by atoms with E-state index in [-0.39, 0.29) is 0 Å². The first kappa shape index (κ1) is 12.1. The lowest BCUT2D eigenvalue weighted by Gasteiger charge is -2.32. The molecular weight excluding hydrogens is 214 g/mol. The van der Waals surface area contributed by atoms with Gasteiger partial charge in [-0.25, -0.2) is 0 Å². The van der Waals surface area contributed by atoms with Gasteiger partial charge >= 0.3 is 5.97 Å². The highest BCUT2D eigenvalue weighted by Crippen LogP contribution is 2.25. The smallest absolute Gasteiger partial charge is 0.325 e. The molecule has 92 valence electrons. The molecule has 1 aliphatic rings. The lowest BCUT2D eigenvalue weighted by atomic mass is 10.0. The number of carbonyl (C=O) groups is 1. The van der Waals surface area contributed by atoms with Crippen LogP contribution in [-0.2, 0) is 4.79 Å². The number of nitrogens with zero attached hydrogens (tertiary/aromatic N) is 1. The molecule has 0 unspecified atom stereocenters. The Kier molecular flexibility index (Phi) is 3.79. The van der Waals surface area contributed by atoms with E-state index >= 15 is 0 Å². The zero-order valence-corrected chi connectivity index (χ0v) is 10.2. The fourth-order valence-electron chi connectivity index (χ4n) is 2.43. The van der Waals surface area contributed by atoms with Crippen molar-refractivity contribution in [3.8, 4) is 0 Å².